The van der Waals surface area contributed by atoms with E-state index in [1.165, 1.54) is 18.5 Å². The molecule has 0 saturated carbocycles. The Labute approximate surface area is 243 Å². The summed E-state index contributed by atoms with van der Waals surface area (Å²) >= 11 is 0. The minimum Gasteiger partial charge on any atom is -0.487 e. The highest BCUT2D eigenvalue weighted by Crippen LogP contribution is 2.34. The Morgan fingerprint density at radius 3 is 2.60 bits per heavy atom. The van der Waals surface area contributed by atoms with Crippen LogP contribution in [0, 0.1) is 5.82 Å². The maximum Gasteiger partial charge on any atom is 0.163 e. The van der Waals surface area contributed by atoms with E-state index in [0.717, 1.165) is 62.3 Å². The van der Waals surface area contributed by atoms with Gasteiger partial charge in [0.2, 0.25) is 0 Å². The molecule has 0 radical (unpaired) electrons. The smallest absolute Gasteiger partial charge is 0.163 e. The quantitative estimate of drug-likeness (QED) is 0.184. The Hall–Kier alpha value is -5.43. The average molecular weight is 554 g/mol. The number of pyridine rings is 2. The van der Waals surface area contributed by atoms with Crippen molar-refractivity contribution in [2.75, 3.05) is 0 Å². The number of rotatable bonds is 9. The fraction of sp³-hybridized carbons (Fsp3) is 0.0857. The maximum absolute atomic E-state index is 14.1. The van der Waals surface area contributed by atoms with E-state index in [0.29, 0.717) is 18.0 Å². The minimum atomic E-state index is -0.291. The first kappa shape index (κ1) is 26.8. The number of allylic oxidation sites excluding steroid dienone is 2. The van der Waals surface area contributed by atoms with Crippen LogP contribution in [-0.4, -0.2) is 24.9 Å². The van der Waals surface area contributed by atoms with Gasteiger partial charge in [-0.05, 0) is 53.5 Å². The molecular weight excluding hydrogens is 525 g/mol. The van der Waals surface area contributed by atoms with Crippen molar-refractivity contribution in [2.45, 2.75) is 20.0 Å². The van der Waals surface area contributed by atoms with Crippen LogP contribution in [0.3, 0.4) is 0 Å². The number of hydrogen-bond donors (Lipinski definition) is 1. The summed E-state index contributed by atoms with van der Waals surface area (Å²) in [5, 5.41) is 0.793. The molecular formula is C35H28FN5O. The van der Waals surface area contributed by atoms with Crippen LogP contribution in [0.15, 0.2) is 116 Å². The zero-order chi connectivity index (χ0) is 28.9. The van der Waals surface area contributed by atoms with Gasteiger partial charge in [0.15, 0.2) is 5.65 Å². The number of benzene rings is 2. The van der Waals surface area contributed by atoms with Crippen molar-refractivity contribution in [1.82, 2.24) is 24.9 Å². The Morgan fingerprint density at radius 2 is 1.79 bits per heavy atom. The lowest BCUT2D eigenvalue weighted by molar-refractivity contribution is 0.305. The molecule has 206 valence electrons. The summed E-state index contributed by atoms with van der Waals surface area (Å²) in [5.74, 6) is 0.377. The molecule has 6 rings (SSSR count). The van der Waals surface area contributed by atoms with Crippen LogP contribution in [0.2, 0.25) is 0 Å². The van der Waals surface area contributed by atoms with E-state index < -0.39 is 0 Å². The highest BCUT2D eigenvalue weighted by molar-refractivity contribution is 5.93. The summed E-state index contributed by atoms with van der Waals surface area (Å²) in [5.41, 5.74) is 8.54. The second-order valence-electron chi connectivity index (χ2n) is 9.76. The molecule has 0 aliphatic heterocycles. The van der Waals surface area contributed by atoms with Gasteiger partial charge in [0.1, 0.15) is 24.5 Å². The summed E-state index contributed by atoms with van der Waals surface area (Å²) in [6, 6.07) is 22.6. The predicted octanol–water partition coefficient (Wildman–Crippen LogP) is 7.98. The van der Waals surface area contributed by atoms with Crippen molar-refractivity contribution >= 4 is 16.6 Å². The van der Waals surface area contributed by atoms with Gasteiger partial charge in [-0.15, -0.1) is 0 Å². The van der Waals surface area contributed by atoms with E-state index in [1.807, 2.05) is 60.7 Å². The second kappa shape index (κ2) is 12.0. The summed E-state index contributed by atoms with van der Waals surface area (Å²) < 4.78 is 20.1. The molecule has 4 heterocycles. The molecule has 0 atom stereocenters. The van der Waals surface area contributed by atoms with E-state index in [-0.39, 0.29) is 5.82 Å². The highest BCUT2D eigenvalue weighted by Gasteiger charge is 2.17. The van der Waals surface area contributed by atoms with Crippen LogP contribution < -0.4 is 4.74 Å². The molecule has 0 unspecified atom stereocenters. The molecule has 1 N–H and O–H groups in total. The van der Waals surface area contributed by atoms with Crippen molar-refractivity contribution in [3.63, 3.8) is 0 Å². The molecule has 0 bridgehead atoms. The number of aromatic nitrogens is 5. The van der Waals surface area contributed by atoms with E-state index in [9.17, 15) is 4.39 Å². The fourth-order valence-corrected chi connectivity index (χ4v) is 4.97. The first-order valence-corrected chi connectivity index (χ1v) is 13.7. The zero-order valence-corrected chi connectivity index (χ0v) is 23.1. The molecule has 6 aromatic rings. The van der Waals surface area contributed by atoms with Crippen LogP contribution >= 0.6 is 0 Å². The third kappa shape index (κ3) is 5.58. The van der Waals surface area contributed by atoms with Crippen molar-refractivity contribution in [2.24, 2.45) is 0 Å². The zero-order valence-electron chi connectivity index (χ0n) is 23.1. The lowest BCUT2D eigenvalue weighted by Crippen LogP contribution is -1.96. The Morgan fingerprint density at radius 1 is 0.929 bits per heavy atom. The number of aryl methyl sites for hydroxylation is 1. The average Bonchev–Trinajstić information content (AvgIpc) is 3.46. The SMILES string of the molecule is C=C/C=C(/c1cccc(F)c1)c1cc(-c2ncnc3ncc(-c4cncc(OCc5ccccc5)c4)cc23)[nH]c1CC. The van der Waals surface area contributed by atoms with Gasteiger partial charge < -0.3 is 9.72 Å². The van der Waals surface area contributed by atoms with Gasteiger partial charge >= 0.3 is 0 Å². The summed E-state index contributed by atoms with van der Waals surface area (Å²) in [6.45, 7) is 6.41. The third-order valence-electron chi connectivity index (χ3n) is 7.00. The molecule has 42 heavy (non-hydrogen) atoms. The molecule has 4 aromatic heterocycles. The van der Waals surface area contributed by atoms with Gasteiger partial charge in [-0.2, -0.15) is 0 Å². The van der Waals surface area contributed by atoms with Crippen molar-refractivity contribution in [1.29, 1.82) is 0 Å². The standard InChI is InChI=1S/C35H28FN5O/c1-3-9-29(24-12-8-13-27(36)14-24)30-17-33(41-32(30)4-2)34-31-16-26(19-38-35(31)40-22-39-34)25-15-28(20-37-18-25)42-21-23-10-6-5-7-11-23/h3,5-20,22,41H,1,4,21H2,2H3/b29-9-. The molecule has 0 amide bonds. The lowest BCUT2D eigenvalue weighted by atomic mass is 9.96. The largest absolute Gasteiger partial charge is 0.487 e. The molecule has 6 nitrogen and oxygen atoms in total. The minimum absolute atomic E-state index is 0.291. The molecule has 2 aromatic carbocycles. The Kier molecular flexibility index (Phi) is 7.64. The van der Waals surface area contributed by atoms with Gasteiger partial charge in [-0.25, -0.2) is 19.3 Å². The maximum atomic E-state index is 14.1. The Bertz CT molecular complexity index is 1910. The number of nitrogens with zero attached hydrogens (tertiary/aromatic N) is 4. The molecule has 0 aliphatic rings. The number of nitrogens with one attached hydrogen (secondary N) is 1. The van der Waals surface area contributed by atoms with Crippen LogP contribution in [-0.2, 0) is 13.0 Å². The highest BCUT2D eigenvalue weighted by atomic mass is 19.1. The summed E-state index contributed by atoms with van der Waals surface area (Å²) in [4.78, 5) is 21.6. The molecule has 0 aliphatic carbocycles. The van der Waals surface area contributed by atoms with Crippen LogP contribution in [0.5, 0.6) is 5.75 Å². The number of aromatic amines is 1. The molecule has 0 fully saturated rings. The van der Waals surface area contributed by atoms with E-state index in [1.54, 1.807) is 30.7 Å². The predicted molar refractivity (Wildman–Crippen MR) is 164 cm³/mol. The second-order valence-corrected chi connectivity index (χ2v) is 9.76. The number of hydrogen-bond acceptors (Lipinski definition) is 5. The first-order chi connectivity index (χ1) is 20.6. The molecule has 7 heteroatoms. The lowest BCUT2D eigenvalue weighted by Gasteiger charge is -2.09. The van der Waals surface area contributed by atoms with Crippen molar-refractivity contribution in [3.8, 4) is 28.3 Å². The van der Waals surface area contributed by atoms with Crippen LogP contribution in [0.25, 0.3) is 39.1 Å². The number of H-pyrrole nitrogens is 1. The normalized spacial score (nSPS) is 11.5. The van der Waals surface area contributed by atoms with Crippen molar-refractivity contribution in [3.05, 3.63) is 145 Å². The summed E-state index contributed by atoms with van der Waals surface area (Å²) in [7, 11) is 0. The van der Waals surface area contributed by atoms with Gasteiger partial charge in [0.05, 0.1) is 17.6 Å². The van der Waals surface area contributed by atoms with E-state index in [4.69, 9.17) is 4.74 Å². The van der Waals surface area contributed by atoms with E-state index in [2.05, 4.69) is 38.4 Å². The van der Waals surface area contributed by atoms with Crippen LogP contribution in [0.4, 0.5) is 4.39 Å². The third-order valence-corrected chi connectivity index (χ3v) is 7.00. The molecule has 0 saturated heterocycles. The monoisotopic (exact) mass is 553 g/mol. The van der Waals surface area contributed by atoms with Crippen LogP contribution in [0.1, 0.15) is 29.3 Å². The Balaban J connectivity index is 1.38. The summed E-state index contributed by atoms with van der Waals surface area (Å²) in [6.07, 6.45) is 11.1. The fourth-order valence-electron chi connectivity index (χ4n) is 4.97. The van der Waals surface area contributed by atoms with Gasteiger partial charge in [-0.1, -0.05) is 68.1 Å². The molecule has 0 spiro atoms. The topological polar surface area (TPSA) is 76.6 Å². The number of halogens is 1. The number of fused-ring (bicyclic) bond motifs is 1. The van der Waals surface area contributed by atoms with Gasteiger partial charge in [0.25, 0.3) is 0 Å². The number of ether oxygens (including phenoxy) is 1. The van der Waals surface area contributed by atoms with E-state index >= 15 is 0 Å². The van der Waals surface area contributed by atoms with Crippen molar-refractivity contribution < 1.29 is 9.13 Å². The van der Waals surface area contributed by atoms with Gasteiger partial charge in [-0.3, -0.25) is 4.98 Å². The first-order valence-electron chi connectivity index (χ1n) is 13.7. The van der Waals surface area contributed by atoms with Gasteiger partial charge in [0, 0.05) is 40.2 Å².